The van der Waals surface area contributed by atoms with Crippen LogP contribution in [0.1, 0.15) is 48.3 Å². The Morgan fingerprint density at radius 1 is 1.33 bits per heavy atom. The van der Waals surface area contributed by atoms with Crippen LogP contribution >= 0.6 is 11.3 Å². The molecule has 2 atom stereocenters. The van der Waals surface area contributed by atoms with Crippen molar-refractivity contribution >= 4 is 23.3 Å². The number of aromatic nitrogens is 1. The van der Waals surface area contributed by atoms with Gasteiger partial charge >= 0.3 is 12.0 Å². The Labute approximate surface area is 129 Å². The van der Waals surface area contributed by atoms with Crippen molar-refractivity contribution in [2.45, 2.75) is 46.6 Å². The van der Waals surface area contributed by atoms with Crippen LogP contribution < -0.4 is 10.6 Å². The van der Waals surface area contributed by atoms with E-state index in [0.29, 0.717) is 13.0 Å². The molecule has 0 aliphatic carbocycles. The molecular formula is C14H23N3O3S. The number of carboxylic acid groups (broad SMARTS) is 1. The lowest BCUT2D eigenvalue weighted by Crippen LogP contribution is -2.39. The first-order chi connectivity index (χ1) is 9.79. The smallest absolute Gasteiger partial charge is 0.315 e. The zero-order valence-corrected chi connectivity index (χ0v) is 13.7. The average molecular weight is 313 g/mol. The van der Waals surface area contributed by atoms with Crippen molar-refractivity contribution in [3.8, 4) is 0 Å². The normalized spacial score (nSPS) is 13.5. The summed E-state index contributed by atoms with van der Waals surface area (Å²) in [6.45, 7) is 8.18. The van der Waals surface area contributed by atoms with Crippen LogP contribution in [-0.4, -0.2) is 28.6 Å². The zero-order chi connectivity index (χ0) is 16.0. The molecule has 1 rings (SSSR count). The van der Waals surface area contributed by atoms with E-state index in [0.717, 1.165) is 15.6 Å². The molecule has 1 aromatic heterocycles. The predicted octanol–water partition coefficient (Wildman–Crippen LogP) is 2.62. The highest BCUT2D eigenvalue weighted by atomic mass is 32.1. The second kappa shape index (κ2) is 7.97. The molecule has 0 aliphatic heterocycles. The lowest BCUT2D eigenvalue weighted by atomic mass is 10.1. The van der Waals surface area contributed by atoms with Crippen LogP contribution in [0.5, 0.6) is 0 Å². The van der Waals surface area contributed by atoms with Crippen molar-refractivity contribution in [3.05, 3.63) is 15.6 Å². The molecule has 0 saturated heterocycles. The molecule has 3 N–H and O–H groups in total. The van der Waals surface area contributed by atoms with Gasteiger partial charge in [0.05, 0.1) is 16.7 Å². The van der Waals surface area contributed by atoms with Crippen LogP contribution in [0.3, 0.4) is 0 Å². The van der Waals surface area contributed by atoms with Gasteiger partial charge in [-0.3, -0.25) is 4.79 Å². The fraction of sp³-hybridized carbons (Fsp3) is 0.643. The van der Waals surface area contributed by atoms with Gasteiger partial charge in [0.25, 0.3) is 0 Å². The molecule has 0 aliphatic rings. The molecule has 1 heterocycles. The van der Waals surface area contributed by atoms with Crippen LogP contribution in [0, 0.1) is 19.8 Å². The number of amides is 2. The van der Waals surface area contributed by atoms with E-state index in [2.05, 4.69) is 15.6 Å². The molecule has 7 heteroatoms. The van der Waals surface area contributed by atoms with Crippen LogP contribution in [-0.2, 0) is 4.79 Å². The average Bonchev–Trinajstić information content (AvgIpc) is 2.73. The number of urea groups is 1. The van der Waals surface area contributed by atoms with Gasteiger partial charge in [-0.2, -0.15) is 0 Å². The second-order valence-electron chi connectivity index (χ2n) is 5.30. The third-order valence-electron chi connectivity index (χ3n) is 3.14. The number of hydrogen-bond donors (Lipinski definition) is 3. The Hall–Kier alpha value is -1.63. The van der Waals surface area contributed by atoms with E-state index in [1.807, 2.05) is 27.7 Å². The first-order valence-corrected chi connectivity index (χ1v) is 7.81. The highest BCUT2D eigenvalue weighted by Gasteiger charge is 2.15. The van der Waals surface area contributed by atoms with E-state index >= 15 is 0 Å². The van der Waals surface area contributed by atoms with E-state index in [4.69, 9.17) is 5.11 Å². The third-order valence-corrected chi connectivity index (χ3v) is 4.40. The van der Waals surface area contributed by atoms with Gasteiger partial charge in [-0.05, 0) is 33.1 Å². The monoisotopic (exact) mass is 313 g/mol. The van der Waals surface area contributed by atoms with E-state index < -0.39 is 5.97 Å². The predicted molar refractivity (Wildman–Crippen MR) is 82.6 cm³/mol. The van der Waals surface area contributed by atoms with Gasteiger partial charge in [0.15, 0.2) is 0 Å². The summed E-state index contributed by atoms with van der Waals surface area (Å²) in [4.78, 5) is 27.7. The van der Waals surface area contributed by atoms with Gasteiger partial charge in [0.1, 0.15) is 0 Å². The van der Waals surface area contributed by atoms with E-state index in [9.17, 15) is 9.59 Å². The van der Waals surface area contributed by atoms with Crippen molar-refractivity contribution < 1.29 is 14.7 Å². The fourth-order valence-corrected chi connectivity index (χ4v) is 2.93. The van der Waals surface area contributed by atoms with Crippen LogP contribution in [0.2, 0.25) is 0 Å². The number of aliphatic carboxylic acids is 1. The number of carbonyl (C=O) groups is 2. The first-order valence-electron chi connectivity index (χ1n) is 6.99. The number of aryl methyl sites for hydroxylation is 2. The second-order valence-corrected chi connectivity index (χ2v) is 6.53. The first kappa shape index (κ1) is 17.4. The topological polar surface area (TPSA) is 91.3 Å². The van der Waals surface area contributed by atoms with Crippen molar-refractivity contribution in [2.24, 2.45) is 5.92 Å². The summed E-state index contributed by atoms with van der Waals surface area (Å²) >= 11 is 1.58. The Balaban J connectivity index is 2.36. The van der Waals surface area contributed by atoms with Crippen molar-refractivity contribution in [1.82, 2.24) is 15.6 Å². The number of carbonyl (C=O) groups excluding carboxylic acids is 1. The molecule has 21 heavy (non-hydrogen) atoms. The van der Waals surface area contributed by atoms with Crippen molar-refractivity contribution in [1.29, 1.82) is 0 Å². The molecular weight excluding hydrogens is 290 g/mol. The largest absolute Gasteiger partial charge is 0.481 e. The molecule has 0 saturated carbocycles. The van der Waals surface area contributed by atoms with Crippen molar-refractivity contribution in [2.75, 3.05) is 6.54 Å². The third kappa shape index (κ3) is 6.12. The van der Waals surface area contributed by atoms with Gasteiger partial charge in [0.2, 0.25) is 0 Å². The summed E-state index contributed by atoms with van der Waals surface area (Å²) in [7, 11) is 0. The summed E-state index contributed by atoms with van der Waals surface area (Å²) < 4.78 is 0. The fourth-order valence-electron chi connectivity index (χ4n) is 2.00. The van der Waals surface area contributed by atoms with Gasteiger partial charge in [0, 0.05) is 17.8 Å². The standard InChI is InChI=1S/C14H23N3O3S/c1-8(5-6-12(18)19)7-15-14(20)17-10(3)13-9(2)16-11(4)21-13/h8,10H,5-7H2,1-4H3,(H,18,19)(H2,15,17,20). The summed E-state index contributed by atoms with van der Waals surface area (Å²) in [5.41, 5.74) is 0.945. The quantitative estimate of drug-likeness (QED) is 0.721. The van der Waals surface area contributed by atoms with Crippen LogP contribution in [0.4, 0.5) is 4.79 Å². The summed E-state index contributed by atoms with van der Waals surface area (Å²) in [5, 5.41) is 15.2. The number of thiazole rings is 1. The van der Waals surface area contributed by atoms with Gasteiger partial charge in [-0.1, -0.05) is 6.92 Å². The zero-order valence-electron chi connectivity index (χ0n) is 12.9. The van der Waals surface area contributed by atoms with E-state index in [-0.39, 0.29) is 24.4 Å². The Kier molecular flexibility index (Phi) is 6.61. The minimum absolute atomic E-state index is 0.0921. The molecule has 118 valence electrons. The molecule has 1 aromatic rings. The summed E-state index contributed by atoms with van der Waals surface area (Å²) in [6.07, 6.45) is 0.679. The molecule has 0 fully saturated rings. The van der Waals surface area contributed by atoms with E-state index in [1.54, 1.807) is 11.3 Å². The maximum atomic E-state index is 11.8. The van der Waals surface area contributed by atoms with E-state index in [1.165, 1.54) is 0 Å². The highest BCUT2D eigenvalue weighted by molar-refractivity contribution is 7.11. The lowest BCUT2D eigenvalue weighted by molar-refractivity contribution is -0.137. The van der Waals surface area contributed by atoms with Gasteiger partial charge in [-0.25, -0.2) is 9.78 Å². The molecule has 0 aromatic carbocycles. The number of hydrogen-bond acceptors (Lipinski definition) is 4. The lowest BCUT2D eigenvalue weighted by Gasteiger charge is -2.16. The van der Waals surface area contributed by atoms with Crippen LogP contribution in [0.15, 0.2) is 0 Å². The number of rotatable bonds is 7. The van der Waals surface area contributed by atoms with Gasteiger partial charge < -0.3 is 15.7 Å². The Morgan fingerprint density at radius 3 is 2.52 bits per heavy atom. The molecule has 2 amide bonds. The van der Waals surface area contributed by atoms with Crippen molar-refractivity contribution in [3.63, 3.8) is 0 Å². The Morgan fingerprint density at radius 2 is 2.00 bits per heavy atom. The molecule has 6 nitrogen and oxygen atoms in total. The number of nitrogens with one attached hydrogen (secondary N) is 2. The Bertz CT molecular complexity index is 502. The highest BCUT2D eigenvalue weighted by Crippen LogP contribution is 2.24. The number of carboxylic acids is 1. The molecule has 0 spiro atoms. The number of nitrogens with zero attached hydrogens (tertiary/aromatic N) is 1. The molecule has 0 radical (unpaired) electrons. The maximum absolute atomic E-state index is 11.8. The summed E-state index contributed by atoms with van der Waals surface area (Å²) in [6, 6.07) is -0.333. The maximum Gasteiger partial charge on any atom is 0.315 e. The minimum atomic E-state index is -0.809. The molecule has 0 bridgehead atoms. The van der Waals surface area contributed by atoms with Crippen LogP contribution in [0.25, 0.3) is 0 Å². The minimum Gasteiger partial charge on any atom is -0.481 e. The van der Waals surface area contributed by atoms with Gasteiger partial charge in [-0.15, -0.1) is 11.3 Å². The molecule has 2 unspecified atom stereocenters. The SMILES string of the molecule is Cc1nc(C)c(C(C)NC(=O)NCC(C)CCC(=O)O)s1. The summed E-state index contributed by atoms with van der Waals surface area (Å²) in [5.74, 6) is -0.675.